The van der Waals surface area contributed by atoms with Crippen LogP contribution in [-0.4, -0.2) is 60.5 Å². The molecular formula is C20H28N4O4S. The molecule has 0 atom stereocenters. The Labute approximate surface area is 174 Å². The minimum atomic E-state index is -0.204. The predicted molar refractivity (Wildman–Crippen MR) is 111 cm³/mol. The van der Waals surface area contributed by atoms with Crippen LogP contribution in [0.3, 0.4) is 0 Å². The summed E-state index contributed by atoms with van der Waals surface area (Å²) in [6.45, 7) is 4.09. The highest BCUT2D eigenvalue weighted by Crippen LogP contribution is 2.35. The van der Waals surface area contributed by atoms with Gasteiger partial charge in [-0.15, -0.1) is 11.3 Å². The Morgan fingerprint density at radius 3 is 2.52 bits per heavy atom. The molecule has 9 heteroatoms. The summed E-state index contributed by atoms with van der Waals surface area (Å²) in [4.78, 5) is 37.1. The van der Waals surface area contributed by atoms with Crippen LogP contribution in [0.2, 0.25) is 0 Å². The molecule has 158 valence electrons. The molecule has 1 saturated heterocycles. The molecule has 1 aliphatic heterocycles. The maximum absolute atomic E-state index is 12.7. The second-order valence-corrected chi connectivity index (χ2v) is 8.12. The van der Waals surface area contributed by atoms with E-state index < -0.39 is 0 Å². The number of ether oxygens (including phenoxy) is 2. The molecule has 1 N–H and O–H groups in total. The molecule has 1 fully saturated rings. The predicted octanol–water partition coefficient (Wildman–Crippen LogP) is 2.68. The molecule has 0 radical (unpaired) electrons. The van der Waals surface area contributed by atoms with Crippen molar-refractivity contribution in [3.8, 4) is 5.88 Å². The third-order valence-corrected chi connectivity index (χ3v) is 6.24. The molecule has 0 saturated carbocycles. The van der Waals surface area contributed by atoms with E-state index in [1.165, 1.54) is 24.2 Å². The molecule has 3 heterocycles. The number of hydrogen-bond donors (Lipinski definition) is 1. The van der Waals surface area contributed by atoms with Crippen LogP contribution in [0.15, 0.2) is 0 Å². The molecule has 1 aliphatic rings. The van der Waals surface area contributed by atoms with Crippen molar-refractivity contribution < 1.29 is 19.1 Å². The molecule has 2 amide bonds. The second kappa shape index (κ2) is 9.98. The van der Waals surface area contributed by atoms with Gasteiger partial charge in [0.05, 0.1) is 17.4 Å². The second-order valence-electron chi connectivity index (χ2n) is 7.12. The molecule has 0 spiro atoms. The summed E-state index contributed by atoms with van der Waals surface area (Å²) >= 11 is 1.30. The van der Waals surface area contributed by atoms with Crippen LogP contribution in [0.4, 0.5) is 0 Å². The van der Waals surface area contributed by atoms with Crippen molar-refractivity contribution in [2.75, 3.05) is 33.9 Å². The van der Waals surface area contributed by atoms with Gasteiger partial charge in [-0.25, -0.2) is 4.98 Å². The van der Waals surface area contributed by atoms with Gasteiger partial charge in [-0.3, -0.25) is 9.59 Å². The number of nitrogens with zero attached hydrogens (tertiary/aromatic N) is 3. The summed E-state index contributed by atoms with van der Waals surface area (Å²) in [6.07, 6.45) is 4.81. The molecule has 0 unspecified atom stereocenters. The summed E-state index contributed by atoms with van der Waals surface area (Å²) in [6, 6.07) is 0. The van der Waals surface area contributed by atoms with Gasteiger partial charge < -0.3 is 19.7 Å². The maximum Gasteiger partial charge on any atom is 0.261 e. The lowest BCUT2D eigenvalue weighted by Crippen LogP contribution is -2.35. The van der Waals surface area contributed by atoms with Crippen molar-refractivity contribution in [3.05, 3.63) is 16.3 Å². The third kappa shape index (κ3) is 5.02. The molecular weight excluding hydrogens is 392 g/mol. The van der Waals surface area contributed by atoms with Crippen LogP contribution in [-0.2, 0) is 16.1 Å². The largest absolute Gasteiger partial charge is 0.480 e. The first kappa shape index (κ1) is 21.4. The van der Waals surface area contributed by atoms with Gasteiger partial charge in [-0.05, 0) is 25.3 Å². The van der Waals surface area contributed by atoms with E-state index in [9.17, 15) is 9.59 Å². The first-order chi connectivity index (χ1) is 14.0. The summed E-state index contributed by atoms with van der Waals surface area (Å²) in [7, 11) is 3.12. The number of methoxy groups -OCH3 is 2. The van der Waals surface area contributed by atoms with Crippen molar-refractivity contribution in [3.63, 3.8) is 0 Å². The number of aryl methyl sites for hydroxylation is 1. The van der Waals surface area contributed by atoms with Gasteiger partial charge in [0.2, 0.25) is 11.8 Å². The maximum atomic E-state index is 12.7. The standard InChI is InChI=1S/C20H28N4O4S/c1-13-16-19(28-3)22-14(12-27-2)23-20(16)29-17(13)18(26)21-9-8-15(25)24-10-6-4-5-7-11-24/h4-12H2,1-3H3,(H,21,26). The summed E-state index contributed by atoms with van der Waals surface area (Å²) in [5.74, 6) is 0.848. The monoisotopic (exact) mass is 420 g/mol. The highest BCUT2D eigenvalue weighted by atomic mass is 32.1. The Morgan fingerprint density at radius 2 is 1.86 bits per heavy atom. The number of likely N-dealkylation sites (tertiary alicyclic amines) is 1. The molecule has 29 heavy (non-hydrogen) atoms. The number of nitrogens with one attached hydrogen (secondary N) is 1. The summed E-state index contributed by atoms with van der Waals surface area (Å²) in [5.41, 5.74) is 0.780. The smallest absolute Gasteiger partial charge is 0.261 e. The van der Waals surface area contributed by atoms with E-state index >= 15 is 0 Å². The van der Waals surface area contributed by atoms with Gasteiger partial charge in [0.1, 0.15) is 11.4 Å². The van der Waals surface area contributed by atoms with Crippen LogP contribution >= 0.6 is 11.3 Å². The molecule has 3 rings (SSSR count). The van der Waals surface area contributed by atoms with Crippen molar-refractivity contribution in [1.82, 2.24) is 20.2 Å². The van der Waals surface area contributed by atoms with E-state index in [0.29, 0.717) is 34.4 Å². The average molecular weight is 421 g/mol. The highest BCUT2D eigenvalue weighted by Gasteiger charge is 2.22. The molecule has 0 bridgehead atoms. The first-order valence-electron chi connectivity index (χ1n) is 9.94. The number of thiophene rings is 1. The number of aromatic nitrogens is 2. The number of hydrogen-bond acceptors (Lipinski definition) is 7. The highest BCUT2D eigenvalue weighted by molar-refractivity contribution is 7.20. The summed E-state index contributed by atoms with van der Waals surface area (Å²) in [5, 5.41) is 3.61. The zero-order valence-corrected chi connectivity index (χ0v) is 18.1. The normalized spacial score (nSPS) is 14.7. The number of rotatable bonds is 7. The quantitative estimate of drug-likeness (QED) is 0.740. The van der Waals surface area contributed by atoms with Crippen molar-refractivity contribution >= 4 is 33.4 Å². The van der Waals surface area contributed by atoms with Crippen molar-refractivity contribution in [1.29, 1.82) is 0 Å². The Balaban J connectivity index is 1.67. The number of amides is 2. The fourth-order valence-corrected chi connectivity index (χ4v) is 4.65. The van der Waals surface area contributed by atoms with Crippen molar-refractivity contribution in [2.45, 2.75) is 45.6 Å². The number of fused-ring (bicyclic) bond motifs is 1. The Hall–Kier alpha value is -2.26. The Kier molecular flexibility index (Phi) is 7.38. The third-order valence-electron chi connectivity index (χ3n) is 5.06. The van der Waals surface area contributed by atoms with Crippen LogP contribution in [0.5, 0.6) is 5.88 Å². The van der Waals surface area contributed by atoms with Gasteiger partial charge in [0.15, 0.2) is 5.82 Å². The lowest BCUT2D eigenvalue weighted by atomic mass is 10.2. The van der Waals surface area contributed by atoms with Crippen LogP contribution in [0, 0.1) is 6.92 Å². The fraction of sp³-hybridized carbons (Fsp3) is 0.600. The Morgan fingerprint density at radius 1 is 1.14 bits per heavy atom. The van der Waals surface area contributed by atoms with E-state index in [-0.39, 0.29) is 18.4 Å². The topological polar surface area (TPSA) is 93.7 Å². The van der Waals surface area contributed by atoms with Crippen LogP contribution in [0.25, 0.3) is 10.2 Å². The fourth-order valence-electron chi connectivity index (χ4n) is 3.54. The SMILES string of the molecule is COCc1nc(OC)c2c(C)c(C(=O)NCCC(=O)N3CCCCCC3)sc2n1. The van der Waals surface area contributed by atoms with E-state index in [2.05, 4.69) is 15.3 Å². The number of carbonyl (C=O) groups is 2. The lowest BCUT2D eigenvalue weighted by Gasteiger charge is -2.20. The van der Waals surface area contributed by atoms with E-state index in [1.54, 1.807) is 14.2 Å². The molecule has 8 nitrogen and oxygen atoms in total. The van der Waals surface area contributed by atoms with Gasteiger partial charge in [-0.2, -0.15) is 4.98 Å². The average Bonchev–Trinajstić information content (AvgIpc) is 2.88. The van der Waals surface area contributed by atoms with E-state index in [4.69, 9.17) is 9.47 Å². The summed E-state index contributed by atoms with van der Waals surface area (Å²) < 4.78 is 10.5. The van der Waals surface area contributed by atoms with Gasteiger partial charge in [0.25, 0.3) is 5.91 Å². The Bertz CT molecular complexity index is 875. The van der Waals surface area contributed by atoms with Crippen LogP contribution < -0.4 is 10.1 Å². The molecule has 2 aromatic rings. The molecule has 0 aliphatic carbocycles. The zero-order valence-electron chi connectivity index (χ0n) is 17.2. The molecule has 2 aromatic heterocycles. The van der Waals surface area contributed by atoms with Gasteiger partial charge in [-0.1, -0.05) is 12.8 Å². The van der Waals surface area contributed by atoms with Gasteiger partial charge >= 0.3 is 0 Å². The number of carbonyl (C=O) groups excluding carboxylic acids is 2. The van der Waals surface area contributed by atoms with Crippen LogP contribution in [0.1, 0.15) is 53.2 Å². The zero-order chi connectivity index (χ0) is 20.8. The first-order valence-corrected chi connectivity index (χ1v) is 10.8. The van der Waals surface area contributed by atoms with E-state index in [0.717, 1.165) is 36.9 Å². The molecule has 0 aromatic carbocycles. The lowest BCUT2D eigenvalue weighted by molar-refractivity contribution is -0.131. The van der Waals surface area contributed by atoms with E-state index in [1.807, 2.05) is 11.8 Å². The minimum Gasteiger partial charge on any atom is -0.480 e. The van der Waals surface area contributed by atoms with Crippen molar-refractivity contribution in [2.24, 2.45) is 0 Å². The van der Waals surface area contributed by atoms with Gasteiger partial charge in [0, 0.05) is 33.2 Å². The minimum absolute atomic E-state index is 0.108.